The van der Waals surface area contributed by atoms with Crippen LogP contribution in [0.5, 0.6) is 0 Å². The molecule has 6 heteroatoms. The second-order valence-electron chi connectivity index (χ2n) is 4.35. The molecule has 0 spiro atoms. The second kappa shape index (κ2) is 7.35. The van der Waals surface area contributed by atoms with E-state index in [1.807, 2.05) is 12.1 Å². The number of alkyl halides is 2. The van der Waals surface area contributed by atoms with E-state index in [4.69, 9.17) is 33.2 Å². The molecule has 0 aliphatic rings. The lowest BCUT2D eigenvalue weighted by atomic mass is 9.81. The summed E-state index contributed by atoms with van der Waals surface area (Å²) in [5.74, 6) is 0. The van der Waals surface area contributed by atoms with E-state index < -0.39 is 15.2 Å². The fourth-order valence-corrected chi connectivity index (χ4v) is 2.32. The Balaban J connectivity index is 0.000000673. The van der Waals surface area contributed by atoms with Gasteiger partial charge < -0.3 is 10.0 Å². The number of halogens is 2. The zero-order chi connectivity index (χ0) is 12.8. The molecule has 0 radical (unpaired) electrons. The molecule has 1 rings (SSSR count). The first-order chi connectivity index (χ1) is 7.32. The maximum Gasteiger partial charge on any atom is 0.488 e. The van der Waals surface area contributed by atoms with E-state index in [1.54, 1.807) is 12.1 Å². The lowest BCUT2D eigenvalue weighted by Crippen LogP contribution is -2.39. The first kappa shape index (κ1) is 16.0. The van der Waals surface area contributed by atoms with Crippen LogP contribution >= 0.6 is 23.2 Å². The minimum atomic E-state index is -1.35. The Morgan fingerprint density at radius 3 is 1.69 bits per heavy atom. The minimum Gasteiger partial charge on any atom is -0.423 e. The Labute approximate surface area is 108 Å². The van der Waals surface area contributed by atoms with Crippen molar-refractivity contribution >= 4 is 49.0 Å². The van der Waals surface area contributed by atoms with Crippen molar-refractivity contribution in [3.63, 3.8) is 0 Å². The topological polar surface area (TPSA) is 40.5 Å². The van der Waals surface area contributed by atoms with Gasteiger partial charge in [-0.25, -0.2) is 0 Å². The second-order valence-corrected chi connectivity index (χ2v) is 10.2. The van der Waals surface area contributed by atoms with Gasteiger partial charge in [-0.1, -0.05) is 49.1 Å². The Hall–Kier alpha value is 0.00182. The summed E-state index contributed by atoms with van der Waals surface area (Å²) in [5.41, 5.74) is 0.557. The standard InChI is InChI=1S/C9H15BO2Si.CH2Cl2/c1-13(2,3)9-6-4-8(5-7-9)10(11)12;2-1-3/h4-7,11-12H,1-3H3;1H2. The molecule has 2 N–H and O–H groups in total. The molecule has 0 amide bonds. The highest BCUT2D eigenvalue weighted by Gasteiger charge is 2.17. The van der Waals surface area contributed by atoms with Crippen LogP contribution in [0.25, 0.3) is 0 Å². The van der Waals surface area contributed by atoms with Crippen molar-refractivity contribution < 1.29 is 10.0 Å². The molecule has 0 bridgehead atoms. The lowest BCUT2D eigenvalue weighted by molar-refractivity contribution is 0.426. The van der Waals surface area contributed by atoms with Crippen LogP contribution in [0.3, 0.4) is 0 Å². The van der Waals surface area contributed by atoms with Crippen LogP contribution in [-0.4, -0.2) is 30.6 Å². The smallest absolute Gasteiger partial charge is 0.423 e. The van der Waals surface area contributed by atoms with Gasteiger partial charge in [0, 0.05) is 0 Å². The molecule has 0 saturated carbocycles. The maximum atomic E-state index is 8.88. The average molecular weight is 279 g/mol. The van der Waals surface area contributed by atoms with E-state index in [9.17, 15) is 0 Å². The van der Waals surface area contributed by atoms with Crippen LogP contribution in [0.15, 0.2) is 24.3 Å². The van der Waals surface area contributed by atoms with Gasteiger partial charge in [0.2, 0.25) is 0 Å². The molecule has 16 heavy (non-hydrogen) atoms. The van der Waals surface area contributed by atoms with Crippen LogP contribution in [0, 0.1) is 0 Å². The molecular weight excluding hydrogens is 262 g/mol. The van der Waals surface area contributed by atoms with Gasteiger partial charge in [0.1, 0.15) is 0 Å². The molecule has 0 fully saturated rings. The molecule has 1 aromatic rings. The molecule has 1 aromatic carbocycles. The predicted octanol–water partition coefficient (Wildman–Crippen LogP) is 1.33. The summed E-state index contributed by atoms with van der Waals surface area (Å²) in [6.45, 7) is 6.78. The Morgan fingerprint density at radius 1 is 1.06 bits per heavy atom. The highest BCUT2D eigenvalue weighted by Crippen LogP contribution is 2.00. The fourth-order valence-electron chi connectivity index (χ4n) is 1.16. The van der Waals surface area contributed by atoms with Crippen molar-refractivity contribution in [2.75, 3.05) is 5.34 Å². The van der Waals surface area contributed by atoms with Gasteiger partial charge >= 0.3 is 7.12 Å². The predicted molar refractivity (Wildman–Crippen MR) is 75.8 cm³/mol. The summed E-state index contributed by atoms with van der Waals surface area (Å²) >= 11 is 9.53. The molecule has 0 aromatic heterocycles. The molecule has 0 aliphatic heterocycles. The first-order valence-electron chi connectivity index (χ1n) is 4.91. The summed E-state index contributed by atoms with van der Waals surface area (Å²) in [6.07, 6.45) is 0. The Bertz CT molecular complexity index is 299. The number of hydrogen-bond acceptors (Lipinski definition) is 2. The third kappa shape index (κ3) is 5.92. The van der Waals surface area contributed by atoms with Gasteiger partial charge in [-0.15, -0.1) is 23.2 Å². The minimum absolute atomic E-state index is 0.194. The molecule has 0 unspecified atom stereocenters. The van der Waals surface area contributed by atoms with Crippen LogP contribution in [0.1, 0.15) is 0 Å². The summed E-state index contributed by atoms with van der Waals surface area (Å²) in [5, 5.41) is 19.3. The van der Waals surface area contributed by atoms with Gasteiger partial charge in [0.25, 0.3) is 0 Å². The van der Waals surface area contributed by atoms with Crippen molar-refractivity contribution in [2.45, 2.75) is 19.6 Å². The number of hydrogen-bond donors (Lipinski definition) is 2. The SMILES string of the molecule is C[Si](C)(C)c1ccc(B(O)O)cc1.ClCCl. The summed E-state index contributed by atoms with van der Waals surface area (Å²) in [4.78, 5) is 0. The quantitative estimate of drug-likeness (QED) is 0.633. The zero-order valence-electron chi connectivity index (χ0n) is 9.74. The monoisotopic (exact) mass is 278 g/mol. The normalized spacial score (nSPS) is 10.4. The van der Waals surface area contributed by atoms with Gasteiger partial charge in [0.05, 0.1) is 13.4 Å². The maximum absolute atomic E-state index is 8.88. The van der Waals surface area contributed by atoms with Gasteiger partial charge in [0.15, 0.2) is 0 Å². The van der Waals surface area contributed by atoms with Crippen LogP contribution in [0.2, 0.25) is 19.6 Å². The molecule has 0 heterocycles. The summed E-state index contributed by atoms with van der Waals surface area (Å²) < 4.78 is 0. The molecule has 90 valence electrons. The van der Waals surface area contributed by atoms with Gasteiger partial charge in [-0.05, 0) is 5.46 Å². The molecule has 0 aliphatic carbocycles. The first-order valence-corrected chi connectivity index (χ1v) is 9.48. The van der Waals surface area contributed by atoms with Crippen LogP contribution in [0.4, 0.5) is 0 Å². The van der Waals surface area contributed by atoms with Gasteiger partial charge in [-0.2, -0.15) is 0 Å². The molecular formula is C10H17BCl2O2Si. The number of benzene rings is 1. The van der Waals surface area contributed by atoms with Crippen molar-refractivity contribution in [1.82, 2.24) is 0 Å². The number of rotatable bonds is 2. The van der Waals surface area contributed by atoms with E-state index in [0.29, 0.717) is 5.46 Å². The molecule has 0 saturated heterocycles. The highest BCUT2D eigenvalue weighted by molar-refractivity contribution is 6.88. The van der Waals surface area contributed by atoms with E-state index >= 15 is 0 Å². The highest BCUT2D eigenvalue weighted by atomic mass is 35.5. The van der Waals surface area contributed by atoms with Crippen molar-refractivity contribution in [3.8, 4) is 0 Å². The third-order valence-electron chi connectivity index (χ3n) is 2.07. The largest absolute Gasteiger partial charge is 0.488 e. The van der Waals surface area contributed by atoms with Gasteiger partial charge in [-0.3, -0.25) is 0 Å². The van der Waals surface area contributed by atoms with E-state index in [2.05, 4.69) is 19.6 Å². The van der Waals surface area contributed by atoms with E-state index in [-0.39, 0.29) is 5.34 Å². The lowest BCUT2D eigenvalue weighted by Gasteiger charge is -2.16. The zero-order valence-corrected chi connectivity index (χ0v) is 12.3. The Kier molecular flexibility index (Phi) is 7.35. The van der Waals surface area contributed by atoms with Crippen molar-refractivity contribution in [3.05, 3.63) is 24.3 Å². The van der Waals surface area contributed by atoms with Crippen molar-refractivity contribution in [2.24, 2.45) is 0 Å². The van der Waals surface area contributed by atoms with Crippen LogP contribution in [-0.2, 0) is 0 Å². The van der Waals surface area contributed by atoms with Crippen LogP contribution < -0.4 is 10.6 Å². The summed E-state index contributed by atoms with van der Waals surface area (Å²) in [6, 6.07) is 7.53. The van der Waals surface area contributed by atoms with Crippen molar-refractivity contribution in [1.29, 1.82) is 0 Å². The van der Waals surface area contributed by atoms with E-state index in [0.717, 1.165) is 0 Å². The summed E-state index contributed by atoms with van der Waals surface area (Å²) in [7, 11) is -2.61. The Morgan fingerprint density at radius 2 is 1.44 bits per heavy atom. The third-order valence-corrected chi connectivity index (χ3v) is 4.14. The fraction of sp³-hybridized carbons (Fsp3) is 0.400. The average Bonchev–Trinajstić information content (AvgIpc) is 2.18. The van der Waals surface area contributed by atoms with E-state index in [1.165, 1.54) is 5.19 Å². The molecule has 0 atom stereocenters. The molecule has 2 nitrogen and oxygen atoms in total.